The van der Waals surface area contributed by atoms with Crippen LogP contribution < -0.4 is 5.32 Å². The van der Waals surface area contributed by atoms with Gasteiger partial charge < -0.3 is 15.0 Å². The van der Waals surface area contributed by atoms with E-state index in [4.69, 9.17) is 9.72 Å². The molecule has 27 heavy (non-hydrogen) atoms. The van der Waals surface area contributed by atoms with Crippen LogP contribution in [0.15, 0.2) is 36.5 Å². The molecule has 0 spiro atoms. The summed E-state index contributed by atoms with van der Waals surface area (Å²) in [6.45, 7) is 4.29. The number of aryl methyl sites for hydroxylation is 1. The van der Waals surface area contributed by atoms with Crippen molar-refractivity contribution in [3.63, 3.8) is 0 Å². The van der Waals surface area contributed by atoms with Crippen LogP contribution in [0.4, 0.5) is 11.6 Å². The number of nitrogens with one attached hydrogen (secondary N) is 1. The van der Waals surface area contributed by atoms with E-state index in [0.29, 0.717) is 19.1 Å². The normalized spacial score (nSPS) is 22.6. The molecule has 1 aromatic carbocycles. The molecule has 0 aliphatic carbocycles. The maximum absolute atomic E-state index is 12.7. The van der Waals surface area contributed by atoms with E-state index < -0.39 is 0 Å². The summed E-state index contributed by atoms with van der Waals surface area (Å²) in [6.07, 6.45) is 5.41. The highest BCUT2D eigenvalue weighted by Crippen LogP contribution is 2.28. The van der Waals surface area contributed by atoms with Crippen molar-refractivity contribution in [3.8, 4) is 0 Å². The summed E-state index contributed by atoms with van der Waals surface area (Å²) in [6, 6.07) is 10.1. The second kappa shape index (κ2) is 8.05. The minimum atomic E-state index is -0.243. The minimum absolute atomic E-state index is 0.143. The molecule has 3 heterocycles. The monoisotopic (exact) mass is 366 g/mol. The molecule has 6 nitrogen and oxygen atoms in total. The van der Waals surface area contributed by atoms with Gasteiger partial charge in [-0.2, -0.15) is 0 Å². The lowest BCUT2D eigenvalue weighted by Crippen LogP contribution is -2.44. The predicted molar refractivity (Wildman–Crippen MR) is 104 cm³/mol. The van der Waals surface area contributed by atoms with Crippen molar-refractivity contribution in [2.75, 3.05) is 25.0 Å². The number of benzene rings is 1. The van der Waals surface area contributed by atoms with Gasteiger partial charge in [0.15, 0.2) is 0 Å². The minimum Gasteiger partial charge on any atom is -0.368 e. The first-order chi connectivity index (χ1) is 13.2. The van der Waals surface area contributed by atoms with Crippen LogP contribution in [0.1, 0.15) is 42.9 Å². The molecule has 2 atom stereocenters. The van der Waals surface area contributed by atoms with Crippen LogP contribution in [-0.4, -0.2) is 46.6 Å². The van der Waals surface area contributed by atoms with Crippen molar-refractivity contribution in [2.45, 2.75) is 44.6 Å². The lowest BCUT2D eigenvalue weighted by molar-refractivity contribution is -0.142. The Kier molecular flexibility index (Phi) is 5.34. The molecular formula is C21H26N4O2. The Bertz CT molecular complexity index is 787. The summed E-state index contributed by atoms with van der Waals surface area (Å²) < 4.78 is 5.58. The molecule has 2 fully saturated rings. The van der Waals surface area contributed by atoms with Crippen LogP contribution in [0, 0.1) is 6.92 Å². The van der Waals surface area contributed by atoms with Crippen molar-refractivity contribution in [1.82, 2.24) is 14.9 Å². The molecule has 1 N–H and O–H groups in total. The average Bonchev–Trinajstić information content (AvgIpc) is 3.24. The zero-order valence-electron chi connectivity index (χ0n) is 15.7. The summed E-state index contributed by atoms with van der Waals surface area (Å²) in [5.41, 5.74) is 3.18. The summed E-state index contributed by atoms with van der Waals surface area (Å²) in [5.74, 6) is 0.980. The lowest BCUT2D eigenvalue weighted by atomic mass is 9.94. The highest BCUT2D eigenvalue weighted by molar-refractivity contribution is 5.81. The number of amides is 1. The fourth-order valence-corrected chi connectivity index (χ4v) is 3.82. The van der Waals surface area contributed by atoms with Crippen LogP contribution in [0.2, 0.25) is 0 Å². The largest absolute Gasteiger partial charge is 0.368 e. The molecule has 6 heteroatoms. The van der Waals surface area contributed by atoms with Gasteiger partial charge in [0, 0.05) is 37.5 Å². The van der Waals surface area contributed by atoms with Gasteiger partial charge in [-0.15, -0.1) is 0 Å². The first-order valence-corrected chi connectivity index (χ1v) is 9.76. The number of hydrogen-bond donors (Lipinski definition) is 1. The van der Waals surface area contributed by atoms with Crippen LogP contribution in [0.25, 0.3) is 0 Å². The molecule has 142 valence electrons. The van der Waals surface area contributed by atoms with E-state index in [2.05, 4.69) is 29.4 Å². The van der Waals surface area contributed by atoms with Crippen molar-refractivity contribution >= 4 is 17.5 Å². The molecule has 1 aromatic heterocycles. The number of rotatable bonds is 4. The zero-order chi connectivity index (χ0) is 18.6. The Hall–Kier alpha value is -2.47. The molecular weight excluding hydrogens is 340 g/mol. The number of aromatic nitrogens is 2. The number of hydrogen-bond acceptors (Lipinski definition) is 5. The Morgan fingerprint density at radius 3 is 2.81 bits per heavy atom. The maximum atomic E-state index is 12.7. The third-order valence-corrected chi connectivity index (χ3v) is 5.34. The van der Waals surface area contributed by atoms with Crippen LogP contribution in [0.5, 0.6) is 0 Å². The van der Waals surface area contributed by atoms with E-state index in [0.717, 1.165) is 43.6 Å². The van der Waals surface area contributed by atoms with Crippen LogP contribution in [-0.2, 0) is 9.53 Å². The van der Waals surface area contributed by atoms with Gasteiger partial charge in [0.05, 0.1) is 5.69 Å². The third kappa shape index (κ3) is 4.27. The SMILES string of the molecule is Cc1ccc(Nc2nccc([C@H]3CCCN(C(=O)[C@H]4CCCO4)C3)n2)cc1. The van der Waals surface area contributed by atoms with Gasteiger partial charge >= 0.3 is 0 Å². The van der Waals surface area contributed by atoms with Crippen molar-refractivity contribution < 1.29 is 9.53 Å². The van der Waals surface area contributed by atoms with Gasteiger partial charge in [-0.25, -0.2) is 9.97 Å². The second-order valence-electron chi connectivity index (χ2n) is 7.42. The van der Waals surface area contributed by atoms with E-state index in [-0.39, 0.29) is 17.9 Å². The maximum Gasteiger partial charge on any atom is 0.251 e. The van der Waals surface area contributed by atoms with Crippen molar-refractivity contribution in [3.05, 3.63) is 47.8 Å². The molecule has 0 radical (unpaired) electrons. The van der Waals surface area contributed by atoms with E-state index in [1.54, 1.807) is 6.20 Å². The highest BCUT2D eigenvalue weighted by atomic mass is 16.5. The smallest absolute Gasteiger partial charge is 0.251 e. The molecule has 1 amide bonds. The van der Waals surface area contributed by atoms with E-state index in [9.17, 15) is 4.79 Å². The average molecular weight is 366 g/mol. The van der Waals surface area contributed by atoms with Crippen LogP contribution in [0.3, 0.4) is 0 Å². The molecule has 2 aromatic rings. The standard InChI is InChI=1S/C21H26N4O2/c1-15-6-8-17(9-7-15)23-21-22-11-10-18(24-21)16-4-2-12-25(14-16)20(26)19-5-3-13-27-19/h6-11,16,19H,2-5,12-14H2,1H3,(H,22,23,24)/t16-,19+/m0/s1. The number of carbonyl (C=O) groups is 1. The van der Waals surface area contributed by atoms with Crippen molar-refractivity contribution in [2.24, 2.45) is 0 Å². The second-order valence-corrected chi connectivity index (χ2v) is 7.42. The van der Waals surface area contributed by atoms with Gasteiger partial charge in [0.25, 0.3) is 5.91 Å². The van der Waals surface area contributed by atoms with E-state index in [1.807, 2.05) is 23.1 Å². The summed E-state index contributed by atoms with van der Waals surface area (Å²) in [5, 5.41) is 3.27. The molecule has 2 aliphatic rings. The molecule has 2 aliphatic heterocycles. The Morgan fingerprint density at radius 1 is 1.19 bits per heavy atom. The molecule has 0 saturated carbocycles. The van der Waals surface area contributed by atoms with Crippen LogP contribution >= 0.6 is 0 Å². The Labute approximate surface area is 160 Å². The first-order valence-electron chi connectivity index (χ1n) is 9.76. The van der Waals surface area contributed by atoms with Gasteiger partial charge in [-0.1, -0.05) is 17.7 Å². The third-order valence-electron chi connectivity index (χ3n) is 5.34. The topological polar surface area (TPSA) is 67.4 Å². The number of nitrogens with zero attached hydrogens (tertiary/aromatic N) is 3. The van der Waals surface area contributed by atoms with E-state index >= 15 is 0 Å². The summed E-state index contributed by atoms with van der Waals surface area (Å²) >= 11 is 0. The number of carbonyl (C=O) groups excluding carboxylic acids is 1. The molecule has 0 bridgehead atoms. The first kappa shape index (κ1) is 17.9. The quantitative estimate of drug-likeness (QED) is 0.898. The van der Waals surface area contributed by atoms with E-state index in [1.165, 1.54) is 5.56 Å². The number of anilines is 2. The number of ether oxygens (including phenoxy) is 1. The Morgan fingerprint density at radius 2 is 2.04 bits per heavy atom. The van der Waals surface area contributed by atoms with Gasteiger partial charge in [0.1, 0.15) is 6.10 Å². The summed E-state index contributed by atoms with van der Waals surface area (Å²) in [7, 11) is 0. The molecule has 0 unspecified atom stereocenters. The fraction of sp³-hybridized carbons (Fsp3) is 0.476. The number of likely N-dealkylation sites (tertiary alicyclic amines) is 1. The predicted octanol–water partition coefficient (Wildman–Crippen LogP) is 3.41. The van der Waals surface area contributed by atoms with Gasteiger partial charge in [-0.05, 0) is 50.8 Å². The van der Waals surface area contributed by atoms with Gasteiger partial charge in [0.2, 0.25) is 5.95 Å². The Balaban J connectivity index is 1.44. The number of piperidine rings is 1. The fourth-order valence-electron chi connectivity index (χ4n) is 3.82. The summed E-state index contributed by atoms with van der Waals surface area (Å²) in [4.78, 5) is 23.7. The van der Waals surface area contributed by atoms with Crippen molar-refractivity contribution in [1.29, 1.82) is 0 Å². The highest BCUT2D eigenvalue weighted by Gasteiger charge is 2.32. The molecule has 4 rings (SSSR count). The van der Waals surface area contributed by atoms with Gasteiger partial charge in [-0.3, -0.25) is 4.79 Å². The zero-order valence-corrected chi connectivity index (χ0v) is 15.7. The molecule has 2 saturated heterocycles. The lowest BCUT2D eigenvalue weighted by Gasteiger charge is -2.33.